The Hall–Kier alpha value is -7.42. The third-order valence-electron chi connectivity index (χ3n) is 14.3. The van der Waals surface area contributed by atoms with Crippen molar-refractivity contribution < 1.29 is 0 Å². The molecule has 0 amide bonds. The van der Waals surface area contributed by atoms with Crippen molar-refractivity contribution in [2.45, 2.75) is 57.8 Å². The Morgan fingerprint density at radius 1 is 0.415 bits per heavy atom. The Balaban J connectivity index is 1.09. The molecule has 2 nitrogen and oxygen atoms in total. The first-order chi connectivity index (χ1) is 31.5. The fraction of sp³-hybridized carbons (Fsp3) is 0.143. The summed E-state index contributed by atoms with van der Waals surface area (Å²) < 4.78 is 0. The summed E-state index contributed by atoms with van der Waals surface area (Å²) in [7, 11) is 0. The number of para-hydroxylation sites is 2. The van der Waals surface area contributed by atoms with Gasteiger partial charge in [0.15, 0.2) is 0 Å². The highest BCUT2D eigenvalue weighted by molar-refractivity contribution is 5.99. The molecule has 0 heterocycles. The lowest BCUT2D eigenvalue weighted by atomic mass is 9.74. The number of hydrogen-bond donors (Lipinski definition) is 1. The lowest BCUT2D eigenvalue weighted by Gasteiger charge is -2.32. The van der Waals surface area contributed by atoms with E-state index in [-0.39, 0.29) is 16.2 Å². The molecule has 9 aromatic carbocycles. The van der Waals surface area contributed by atoms with Gasteiger partial charge in [0.1, 0.15) is 0 Å². The molecule has 0 saturated heterocycles. The first kappa shape index (κ1) is 40.4. The Morgan fingerprint density at radius 2 is 1.00 bits per heavy atom. The second-order valence-corrected chi connectivity index (χ2v) is 19.6. The van der Waals surface area contributed by atoms with Crippen molar-refractivity contribution in [1.29, 1.82) is 0 Å². The SMILES string of the molecule is CC(C)(C)c1ccc2c(c1)C(C)(C)c1cccc(-c3ccccc3N(c3ccc(Nc4ccccc4-c4ccccc4)cc3)c3ccc4c(c3)C(C)(c3ccccc3)c3ccccc3-4)c1-2. The molecule has 0 fully saturated rings. The van der Waals surface area contributed by atoms with Gasteiger partial charge in [0.05, 0.1) is 5.69 Å². The maximum atomic E-state index is 3.77. The Kier molecular flexibility index (Phi) is 9.55. The molecule has 2 heteroatoms. The van der Waals surface area contributed by atoms with Crippen molar-refractivity contribution >= 4 is 28.4 Å². The average molecular weight is 839 g/mol. The van der Waals surface area contributed by atoms with Crippen LogP contribution in [0.1, 0.15) is 74.9 Å². The molecule has 0 spiro atoms. The van der Waals surface area contributed by atoms with Crippen molar-refractivity contribution in [1.82, 2.24) is 0 Å². The first-order valence-corrected chi connectivity index (χ1v) is 23.0. The van der Waals surface area contributed by atoms with Crippen molar-refractivity contribution in [2.75, 3.05) is 10.2 Å². The maximum Gasteiger partial charge on any atom is 0.0540 e. The topological polar surface area (TPSA) is 15.3 Å². The summed E-state index contributed by atoms with van der Waals surface area (Å²) in [6, 6.07) is 78.4. The number of fused-ring (bicyclic) bond motifs is 6. The number of rotatable bonds is 8. The van der Waals surface area contributed by atoms with Crippen LogP contribution in [0.4, 0.5) is 28.4 Å². The molecule has 0 aliphatic heterocycles. The van der Waals surface area contributed by atoms with Gasteiger partial charge in [0, 0.05) is 44.7 Å². The van der Waals surface area contributed by atoms with Gasteiger partial charge in [0.2, 0.25) is 0 Å². The van der Waals surface area contributed by atoms with Gasteiger partial charge in [-0.15, -0.1) is 0 Å². The van der Waals surface area contributed by atoms with E-state index in [0.717, 1.165) is 28.4 Å². The molecule has 1 N–H and O–H groups in total. The zero-order valence-electron chi connectivity index (χ0n) is 38.2. The van der Waals surface area contributed by atoms with Gasteiger partial charge in [-0.25, -0.2) is 0 Å². The lowest BCUT2D eigenvalue weighted by Crippen LogP contribution is -2.22. The summed E-state index contributed by atoms with van der Waals surface area (Å²) in [4.78, 5) is 2.48. The van der Waals surface area contributed by atoms with E-state index in [2.05, 4.69) is 264 Å². The third kappa shape index (κ3) is 6.62. The van der Waals surface area contributed by atoms with Crippen molar-refractivity contribution in [3.8, 4) is 44.5 Å². The molecule has 11 rings (SSSR count). The largest absolute Gasteiger partial charge is 0.355 e. The van der Waals surface area contributed by atoms with Crippen LogP contribution in [0.25, 0.3) is 44.5 Å². The summed E-state index contributed by atoms with van der Waals surface area (Å²) in [5.74, 6) is 0. The second kappa shape index (κ2) is 15.4. The molecule has 9 aromatic rings. The average Bonchev–Trinajstić information content (AvgIpc) is 3.74. The molecule has 0 radical (unpaired) electrons. The van der Waals surface area contributed by atoms with E-state index < -0.39 is 0 Å². The highest BCUT2D eigenvalue weighted by atomic mass is 15.1. The van der Waals surface area contributed by atoms with Crippen LogP contribution in [0.15, 0.2) is 212 Å². The van der Waals surface area contributed by atoms with Crippen LogP contribution in [-0.4, -0.2) is 0 Å². The predicted octanol–water partition coefficient (Wildman–Crippen LogP) is 17.2. The van der Waals surface area contributed by atoms with Crippen LogP contribution in [-0.2, 0) is 16.2 Å². The van der Waals surface area contributed by atoms with Crippen LogP contribution in [0.5, 0.6) is 0 Å². The number of nitrogens with one attached hydrogen (secondary N) is 1. The maximum absolute atomic E-state index is 3.77. The predicted molar refractivity (Wildman–Crippen MR) is 275 cm³/mol. The first-order valence-electron chi connectivity index (χ1n) is 23.0. The standard InChI is InChI=1S/C63H54N2/c1-61(2,3)44-32-38-53-56(40-44)62(4,5)55-29-19-27-52(60(53)55)51-26-15-18-31-59(51)65(46-35-33-45(34-36-46)64-58-30-17-14-24-48(58)42-20-9-7-10-21-42)47-37-39-50-49-25-13-16-28-54(49)63(6,57(50)41-47)43-22-11-8-12-23-43/h7-41,64H,1-6H3. The smallest absolute Gasteiger partial charge is 0.0540 e. The molecule has 2 aliphatic carbocycles. The van der Waals surface area contributed by atoms with Crippen LogP contribution in [0.2, 0.25) is 0 Å². The van der Waals surface area contributed by atoms with E-state index in [1.165, 1.54) is 77.9 Å². The monoisotopic (exact) mass is 838 g/mol. The van der Waals surface area contributed by atoms with E-state index >= 15 is 0 Å². The summed E-state index contributed by atoms with van der Waals surface area (Å²) in [6.07, 6.45) is 0. The van der Waals surface area contributed by atoms with Gasteiger partial charge in [-0.3, -0.25) is 0 Å². The summed E-state index contributed by atoms with van der Waals surface area (Å²) in [5.41, 5.74) is 23.1. The minimum Gasteiger partial charge on any atom is -0.355 e. The normalized spacial score (nSPS) is 15.4. The summed E-state index contributed by atoms with van der Waals surface area (Å²) >= 11 is 0. The Morgan fingerprint density at radius 3 is 1.75 bits per heavy atom. The van der Waals surface area contributed by atoms with Crippen LogP contribution in [0, 0.1) is 0 Å². The molecule has 65 heavy (non-hydrogen) atoms. The minimum absolute atomic E-state index is 0.0555. The van der Waals surface area contributed by atoms with Crippen molar-refractivity contribution in [3.63, 3.8) is 0 Å². The summed E-state index contributed by atoms with van der Waals surface area (Å²) in [5, 5.41) is 3.77. The van der Waals surface area contributed by atoms with E-state index in [1.54, 1.807) is 0 Å². The lowest BCUT2D eigenvalue weighted by molar-refractivity contribution is 0.584. The highest BCUT2D eigenvalue weighted by Crippen LogP contribution is 2.56. The van der Waals surface area contributed by atoms with Gasteiger partial charge >= 0.3 is 0 Å². The Bertz CT molecular complexity index is 3240. The molecule has 0 saturated carbocycles. The second-order valence-electron chi connectivity index (χ2n) is 19.6. The molecule has 0 aromatic heterocycles. The van der Waals surface area contributed by atoms with Gasteiger partial charge in [-0.2, -0.15) is 0 Å². The van der Waals surface area contributed by atoms with Gasteiger partial charge in [-0.05, 0) is 128 Å². The highest BCUT2D eigenvalue weighted by Gasteiger charge is 2.42. The van der Waals surface area contributed by atoms with E-state index in [1.807, 2.05) is 0 Å². The van der Waals surface area contributed by atoms with Crippen molar-refractivity contribution in [3.05, 3.63) is 246 Å². The molecular formula is C63H54N2. The molecule has 2 aliphatic rings. The molecule has 1 atom stereocenters. The van der Waals surface area contributed by atoms with Gasteiger partial charge in [-0.1, -0.05) is 198 Å². The van der Waals surface area contributed by atoms with Gasteiger partial charge < -0.3 is 10.2 Å². The number of benzene rings is 9. The molecule has 316 valence electrons. The van der Waals surface area contributed by atoms with Crippen LogP contribution >= 0.6 is 0 Å². The number of nitrogens with zero attached hydrogens (tertiary/aromatic N) is 1. The molecular weight excluding hydrogens is 785 g/mol. The number of anilines is 5. The van der Waals surface area contributed by atoms with Crippen LogP contribution < -0.4 is 10.2 Å². The zero-order chi connectivity index (χ0) is 44.5. The number of hydrogen-bond acceptors (Lipinski definition) is 2. The zero-order valence-corrected chi connectivity index (χ0v) is 38.2. The van der Waals surface area contributed by atoms with E-state index in [9.17, 15) is 0 Å². The fourth-order valence-electron chi connectivity index (χ4n) is 10.8. The third-order valence-corrected chi connectivity index (χ3v) is 14.3. The minimum atomic E-state index is -0.338. The Labute approximate surface area is 384 Å². The molecule has 1 unspecified atom stereocenters. The van der Waals surface area contributed by atoms with Crippen LogP contribution in [0.3, 0.4) is 0 Å². The fourth-order valence-corrected chi connectivity index (χ4v) is 10.8. The van der Waals surface area contributed by atoms with Gasteiger partial charge in [0.25, 0.3) is 0 Å². The molecule has 0 bridgehead atoms. The van der Waals surface area contributed by atoms with E-state index in [0.29, 0.717) is 0 Å². The van der Waals surface area contributed by atoms with Crippen molar-refractivity contribution in [2.24, 2.45) is 0 Å². The summed E-state index contributed by atoms with van der Waals surface area (Å²) in [6.45, 7) is 14.1. The van der Waals surface area contributed by atoms with E-state index in [4.69, 9.17) is 0 Å². The quantitative estimate of drug-likeness (QED) is 0.164.